The van der Waals surface area contributed by atoms with Gasteiger partial charge in [0.25, 0.3) is 0 Å². The third kappa shape index (κ3) is 2.84. The van der Waals surface area contributed by atoms with Gasteiger partial charge in [0.2, 0.25) is 0 Å². The number of rotatable bonds is 3. The maximum absolute atomic E-state index is 10.6. The minimum atomic E-state index is -0.852. The molecular formula is C13H18N2O2. The van der Waals surface area contributed by atoms with Crippen molar-refractivity contribution < 1.29 is 9.90 Å². The quantitative estimate of drug-likeness (QED) is 0.823. The number of nitrogens with two attached hydrogens (primary N) is 1. The van der Waals surface area contributed by atoms with Crippen molar-refractivity contribution in [2.45, 2.75) is 25.4 Å². The molecule has 1 aromatic rings. The molecule has 0 aromatic heterocycles. The molecule has 1 aliphatic heterocycles. The summed E-state index contributed by atoms with van der Waals surface area (Å²) in [6, 6.07) is 5.68. The number of fused-ring (bicyclic) bond motifs is 1. The average molecular weight is 234 g/mol. The summed E-state index contributed by atoms with van der Waals surface area (Å²) in [4.78, 5) is 12.9. The molecule has 1 aromatic carbocycles. The van der Waals surface area contributed by atoms with Crippen LogP contribution >= 0.6 is 0 Å². The van der Waals surface area contributed by atoms with Crippen LogP contribution in [-0.2, 0) is 17.8 Å². The topological polar surface area (TPSA) is 66.6 Å². The molecule has 0 aliphatic carbocycles. The Morgan fingerprint density at radius 2 is 2.29 bits per heavy atom. The Balaban J connectivity index is 2.19. The smallest absolute Gasteiger partial charge is 0.305 e. The van der Waals surface area contributed by atoms with Crippen molar-refractivity contribution >= 4 is 5.97 Å². The number of carboxylic acid groups (broad SMARTS) is 1. The van der Waals surface area contributed by atoms with E-state index >= 15 is 0 Å². The molecule has 1 aliphatic rings. The summed E-state index contributed by atoms with van der Waals surface area (Å²) in [6.07, 6.45) is 0.998. The van der Waals surface area contributed by atoms with E-state index < -0.39 is 12.0 Å². The lowest BCUT2D eigenvalue weighted by Crippen LogP contribution is -2.27. The molecular weight excluding hydrogens is 216 g/mol. The minimum Gasteiger partial charge on any atom is -0.481 e. The molecule has 0 bridgehead atoms. The molecule has 3 N–H and O–H groups in total. The fraction of sp³-hybridized carbons (Fsp3) is 0.462. The summed E-state index contributed by atoms with van der Waals surface area (Å²) >= 11 is 0. The average Bonchev–Trinajstić information content (AvgIpc) is 2.27. The summed E-state index contributed by atoms with van der Waals surface area (Å²) in [5.41, 5.74) is 9.42. The number of carboxylic acids is 1. The first-order valence-electron chi connectivity index (χ1n) is 5.84. The number of benzene rings is 1. The second-order valence-corrected chi connectivity index (χ2v) is 4.72. The van der Waals surface area contributed by atoms with Gasteiger partial charge in [0.15, 0.2) is 0 Å². The van der Waals surface area contributed by atoms with E-state index in [0.717, 1.165) is 25.1 Å². The van der Waals surface area contributed by atoms with Crippen LogP contribution in [0.25, 0.3) is 0 Å². The highest BCUT2D eigenvalue weighted by Crippen LogP contribution is 2.23. The highest BCUT2D eigenvalue weighted by Gasteiger charge is 2.16. The van der Waals surface area contributed by atoms with E-state index in [1.54, 1.807) is 0 Å². The van der Waals surface area contributed by atoms with Gasteiger partial charge in [-0.05, 0) is 30.2 Å². The molecule has 4 heteroatoms. The van der Waals surface area contributed by atoms with Gasteiger partial charge in [-0.2, -0.15) is 0 Å². The van der Waals surface area contributed by atoms with Crippen LogP contribution in [0.5, 0.6) is 0 Å². The van der Waals surface area contributed by atoms with Crippen molar-refractivity contribution in [3.05, 3.63) is 34.9 Å². The van der Waals surface area contributed by atoms with Crippen molar-refractivity contribution in [1.82, 2.24) is 4.90 Å². The first kappa shape index (κ1) is 12.1. The lowest BCUT2D eigenvalue weighted by atomic mass is 9.94. The van der Waals surface area contributed by atoms with Crippen molar-refractivity contribution in [2.75, 3.05) is 13.6 Å². The van der Waals surface area contributed by atoms with Crippen molar-refractivity contribution in [3.8, 4) is 0 Å². The molecule has 0 spiro atoms. The molecule has 1 heterocycles. The predicted molar refractivity (Wildman–Crippen MR) is 65.7 cm³/mol. The zero-order valence-electron chi connectivity index (χ0n) is 10.0. The van der Waals surface area contributed by atoms with Gasteiger partial charge in [0.1, 0.15) is 0 Å². The maximum Gasteiger partial charge on any atom is 0.305 e. The number of hydrogen-bond acceptors (Lipinski definition) is 3. The number of carbonyl (C=O) groups is 1. The molecule has 92 valence electrons. The number of aliphatic carboxylic acids is 1. The Hall–Kier alpha value is -1.39. The fourth-order valence-corrected chi connectivity index (χ4v) is 2.25. The monoisotopic (exact) mass is 234 g/mol. The van der Waals surface area contributed by atoms with Crippen molar-refractivity contribution in [2.24, 2.45) is 5.73 Å². The van der Waals surface area contributed by atoms with Gasteiger partial charge in [0, 0.05) is 19.1 Å². The van der Waals surface area contributed by atoms with E-state index in [9.17, 15) is 4.79 Å². The van der Waals surface area contributed by atoms with E-state index in [-0.39, 0.29) is 6.42 Å². The summed E-state index contributed by atoms with van der Waals surface area (Å²) in [7, 11) is 2.10. The Morgan fingerprint density at radius 3 is 3.00 bits per heavy atom. The number of likely N-dealkylation sites (N-methyl/N-ethyl adjacent to an activating group) is 1. The molecule has 2 rings (SSSR count). The third-order valence-electron chi connectivity index (χ3n) is 3.26. The SMILES string of the molecule is CN1CCc2cc(C(N)CC(=O)O)ccc2C1. The van der Waals surface area contributed by atoms with Crippen LogP contribution in [0.1, 0.15) is 29.2 Å². The zero-order chi connectivity index (χ0) is 12.4. The minimum absolute atomic E-state index is 0.0152. The van der Waals surface area contributed by atoms with Crippen LogP contribution in [0, 0.1) is 0 Å². The molecule has 0 fully saturated rings. The van der Waals surface area contributed by atoms with Gasteiger partial charge in [-0.3, -0.25) is 4.79 Å². The Kier molecular flexibility index (Phi) is 3.45. The second kappa shape index (κ2) is 4.85. The molecule has 17 heavy (non-hydrogen) atoms. The fourth-order valence-electron chi connectivity index (χ4n) is 2.25. The van der Waals surface area contributed by atoms with Gasteiger partial charge < -0.3 is 15.7 Å². The standard InChI is InChI=1S/C13H18N2O2/c1-15-5-4-9-6-10(2-3-11(9)8-15)12(14)7-13(16)17/h2-3,6,12H,4-5,7-8,14H2,1H3,(H,16,17). The highest BCUT2D eigenvalue weighted by atomic mass is 16.4. The maximum atomic E-state index is 10.6. The summed E-state index contributed by atoms with van der Waals surface area (Å²) in [5.74, 6) is -0.852. The molecule has 4 nitrogen and oxygen atoms in total. The molecule has 0 saturated heterocycles. The van der Waals surface area contributed by atoms with Crippen LogP contribution in [0.3, 0.4) is 0 Å². The van der Waals surface area contributed by atoms with Gasteiger partial charge in [-0.15, -0.1) is 0 Å². The van der Waals surface area contributed by atoms with Gasteiger partial charge >= 0.3 is 5.97 Å². The van der Waals surface area contributed by atoms with Gasteiger partial charge in [0.05, 0.1) is 6.42 Å². The largest absolute Gasteiger partial charge is 0.481 e. The number of hydrogen-bond donors (Lipinski definition) is 2. The lowest BCUT2D eigenvalue weighted by Gasteiger charge is -2.26. The Bertz CT molecular complexity index is 431. The van der Waals surface area contributed by atoms with Crippen LogP contribution in [0.2, 0.25) is 0 Å². The predicted octanol–water partition coefficient (Wildman–Crippen LogP) is 1.15. The Labute approximate surface area is 101 Å². The van der Waals surface area contributed by atoms with Crippen LogP contribution in [-0.4, -0.2) is 29.6 Å². The summed E-state index contributed by atoms with van der Waals surface area (Å²) < 4.78 is 0. The van der Waals surface area contributed by atoms with Crippen LogP contribution < -0.4 is 5.73 Å². The highest BCUT2D eigenvalue weighted by molar-refractivity contribution is 5.67. The number of nitrogens with zero attached hydrogens (tertiary/aromatic N) is 1. The van der Waals surface area contributed by atoms with Gasteiger partial charge in [-0.1, -0.05) is 18.2 Å². The first-order valence-corrected chi connectivity index (χ1v) is 5.84. The molecule has 0 saturated carbocycles. The van der Waals surface area contributed by atoms with Crippen molar-refractivity contribution in [3.63, 3.8) is 0 Å². The van der Waals surface area contributed by atoms with E-state index in [0.29, 0.717) is 0 Å². The molecule has 0 radical (unpaired) electrons. The van der Waals surface area contributed by atoms with E-state index in [2.05, 4.69) is 24.1 Å². The zero-order valence-corrected chi connectivity index (χ0v) is 10.0. The van der Waals surface area contributed by atoms with E-state index in [1.807, 2.05) is 6.07 Å². The Morgan fingerprint density at radius 1 is 1.53 bits per heavy atom. The van der Waals surface area contributed by atoms with E-state index in [4.69, 9.17) is 10.8 Å². The molecule has 1 atom stereocenters. The first-order chi connectivity index (χ1) is 8.06. The van der Waals surface area contributed by atoms with E-state index in [1.165, 1.54) is 11.1 Å². The molecule has 0 amide bonds. The molecule has 1 unspecified atom stereocenters. The van der Waals surface area contributed by atoms with Gasteiger partial charge in [-0.25, -0.2) is 0 Å². The second-order valence-electron chi connectivity index (χ2n) is 4.72. The normalized spacial score (nSPS) is 17.5. The van der Waals surface area contributed by atoms with Crippen LogP contribution in [0.4, 0.5) is 0 Å². The lowest BCUT2D eigenvalue weighted by molar-refractivity contribution is -0.137. The van der Waals surface area contributed by atoms with Crippen molar-refractivity contribution in [1.29, 1.82) is 0 Å². The summed E-state index contributed by atoms with van der Waals surface area (Å²) in [5, 5.41) is 8.73. The van der Waals surface area contributed by atoms with Crippen LogP contribution in [0.15, 0.2) is 18.2 Å². The summed E-state index contributed by atoms with van der Waals surface area (Å²) in [6.45, 7) is 2.01. The third-order valence-corrected chi connectivity index (χ3v) is 3.26.